The molecule has 0 aliphatic carbocycles. The summed E-state index contributed by atoms with van der Waals surface area (Å²) >= 11 is 0. The Morgan fingerprint density at radius 3 is 2.33 bits per heavy atom. The summed E-state index contributed by atoms with van der Waals surface area (Å²) < 4.78 is 10.5. The van der Waals surface area contributed by atoms with E-state index in [0.29, 0.717) is 19.8 Å². The van der Waals surface area contributed by atoms with Crippen LogP contribution in [0.15, 0.2) is 12.1 Å². The Bertz CT molecular complexity index is 473. The van der Waals surface area contributed by atoms with Gasteiger partial charge in [-0.1, -0.05) is 12.1 Å². The van der Waals surface area contributed by atoms with Gasteiger partial charge in [-0.3, -0.25) is 4.79 Å². The summed E-state index contributed by atoms with van der Waals surface area (Å²) in [5.74, 6) is -0.164. The van der Waals surface area contributed by atoms with Crippen molar-refractivity contribution in [2.75, 3.05) is 19.8 Å². The normalized spacial score (nSPS) is 17.1. The first-order valence-corrected chi connectivity index (χ1v) is 6.34. The maximum Gasteiger partial charge on any atom is 0.321 e. The molecule has 1 saturated heterocycles. The highest BCUT2D eigenvalue weighted by Crippen LogP contribution is 2.36. The second kappa shape index (κ2) is 4.73. The van der Waals surface area contributed by atoms with Gasteiger partial charge in [-0.25, -0.2) is 0 Å². The predicted molar refractivity (Wildman–Crippen MR) is 69.8 cm³/mol. The van der Waals surface area contributed by atoms with E-state index in [1.165, 1.54) is 11.1 Å². The third-order valence-corrected chi connectivity index (χ3v) is 3.72. The molecule has 0 radical (unpaired) electrons. The molecule has 0 spiro atoms. The second-order valence-electron chi connectivity index (χ2n) is 5.05. The van der Waals surface area contributed by atoms with Gasteiger partial charge in [0.2, 0.25) is 0 Å². The summed E-state index contributed by atoms with van der Waals surface area (Å²) in [5, 5.41) is 0. The molecular weight excluding hydrogens is 228 g/mol. The number of esters is 1. The molecule has 0 unspecified atom stereocenters. The maximum atomic E-state index is 12.2. The van der Waals surface area contributed by atoms with Crippen LogP contribution in [-0.4, -0.2) is 25.8 Å². The first-order chi connectivity index (χ1) is 8.51. The van der Waals surface area contributed by atoms with Crippen molar-refractivity contribution in [1.82, 2.24) is 0 Å². The summed E-state index contributed by atoms with van der Waals surface area (Å²) in [4.78, 5) is 12.2. The number of carbonyl (C=O) groups is 1. The van der Waals surface area contributed by atoms with Crippen molar-refractivity contribution >= 4 is 5.97 Å². The SMILES string of the molecule is CCOC(=O)C1(c2cc(C)c(C)cc2C)COC1. The monoisotopic (exact) mass is 248 g/mol. The lowest BCUT2D eigenvalue weighted by Gasteiger charge is -2.40. The molecule has 0 saturated carbocycles. The molecule has 0 aromatic heterocycles. The highest BCUT2D eigenvalue weighted by molar-refractivity contribution is 5.85. The van der Waals surface area contributed by atoms with Gasteiger partial charge in [-0.15, -0.1) is 0 Å². The lowest BCUT2D eigenvalue weighted by molar-refractivity contribution is -0.169. The minimum atomic E-state index is -0.585. The van der Waals surface area contributed by atoms with E-state index in [1.54, 1.807) is 0 Å². The predicted octanol–water partition coefficient (Wildman–Crippen LogP) is 2.44. The van der Waals surface area contributed by atoms with Crippen LogP contribution in [0.2, 0.25) is 0 Å². The van der Waals surface area contributed by atoms with Crippen LogP contribution in [0.5, 0.6) is 0 Å². The van der Waals surface area contributed by atoms with Crippen molar-refractivity contribution in [2.24, 2.45) is 0 Å². The third-order valence-electron chi connectivity index (χ3n) is 3.72. The average molecular weight is 248 g/mol. The first kappa shape index (κ1) is 13.1. The van der Waals surface area contributed by atoms with Crippen molar-refractivity contribution in [3.8, 4) is 0 Å². The Morgan fingerprint density at radius 2 is 1.83 bits per heavy atom. The molecule has 0 N–H and O–H groups in total. The zero-order valence-corrected chi connectivity index (χ0v) is 11.5. The van der Waals surface area contributed by atoms with Gasteiger partial charge in [-0.2, -0.15) is 0 Å². The molecule has 3 nitrogen and oxygen atoms in total. The van der Waals surface area contributed by atoms with Gasteiger partial charge >= 0.3 is 5.97 Å². The van der Waals surface area contributed by atoms with E-state index >= 15 is 0 Å². The fourth-order valence-corrected chi connectivity index (χ4v) is 2.43. The fourth-order valence-electron chi connectivity index (χ4n) is 2.43. The van der Waals surface area contributed by atoms with Crippen LogP contribution < -0.4 is 0 Å². The van der Waals surface area contributed by atoms with Crippen LogP contribution in [0.1, 0.15) is 29.2 Å². The van der Waals surface area contributed by atoms with E-state index in [0.717, 1.165) is 11.1 Å². The molecule has 1 fully saturated rings. The van der Waals surface area contributed by atoms with E-state index in [-0.39, 0.29) is 5.97 Å². The summed E-state index contributed by atoms with van der Waals surface area (Å²) in [7, 11) is 0. The van der Waals surface area contributed by atoms with Gasteiger partial charge in [0.25, 0.3) is 0 Å². The highest BCUT2D eigenvalue weighted by atomic mass is 16.6. The zero-order chi connectivity index (χ0) is 13.3. The molecule has 98 valence electrons. The lowest BCUT2D eigenvalue weighted by atomic mass is 9.75. The second-order valence-corrected chi connectivity index (χ2v) is 5.05. The average Bonchev–Trinajstić information content (AvgIpc) is 2.24. The van der Waals surface area contributed by atoms with Crippen molar-refractivity contribution in [1.29, 1.82) is 0 Å². The third kappa shape index (κ3) is 1.93. The summed E-state index contributed by atoms with van der Waals surface area (Å²) in [6, 6.07) is 4.23. The number of benzene rings is 1. The van der Waals surface area contributed by atoms with Crippen LogP contribution in [-0.2, 0) is 19.7 Å². The summed E-state index contributed by atoms with van der Waals surface area (Å²) in [6.07, 6.45) is 0. The number of aryl methyl sites for hydroxylation is 3. The Hall–Kier alpha value is -1.35. The van der Waals surface area contributed by atoms with Crippen LogP contribution in [0.25, 0.3) is 0 Å². The molecule has 1 aromatic carbocycles. The van der Waals surface area contributed by atoms with Gasteiger partial charge in [-0.05, 0) is 49.9 Å². The summed E-state index contributed by atoms with van der Waals surface area (Å²) in [6.45, 7) is 9.28. The quantitative estimate of drug-likeness (QED) is 0.771. The molecule has 1 aliphatic rings. The number of ether oxygens (including phenoxy) is 2. The lowest BCUT2D eigenvalue weighted by Crippen LogP contribution is -2.54. The molecule has 18 heavy (non-hydrogen) atoms. The molecule has 3 heteroatoms. The van der Waals surface area contributed by atoms with E-state index in [1.807, 2.05) is 13.8 Å². The van der Waals surface area contributed by atoms with Crippen LogP contribution in [0, 0.1) is 20.8 Å². The van der Waals surface area contributed by atoms with E-state index in [9.17, 15) is 4.79 Å². The summed E-state index contributed by atoms with van der Waals surface area (Å²) in [5.41, 5.74) is 4.05. The number of hydrogen-bond donors (Lipinski definition) is 0. The molecule has 0 bridgehead atoms. The Kier molecular flexibility index (Phi) is 3.44. The largest absolute Gasteiger partial charge is 0.465 e. The van der Waals surface area contributed by atoms with E-state index < -0.39 is 5.41 Å². The first-order valence-electron chi connectivity index (χ1n) is 6.34. The van der Waals surface area contributed by atoms with Crippen LogP contribution >= 0.6 is 0 Å². The van der Waals surface area contributed by atoms with Crippen molar-refractivity contribution in [2.45, 2.75) is 33.1 Å². The van der Waals surface area contributed by atoms with Crippen LogP contribution in [0.4, 0.5) is 0 Å². The van der Waals surface area contributed by atoms with Gasteiger partial charge in [0, 0.05) is 0 Å². The number of rotatable bonds is 3. The van der Waals surface area contributed by atoms with Crippen molar-refractivity contribution < 1.29 is 14.3 Å². The van der Waals surface area contributed by atoms with E-state index in [4.69, 9.17) is 9.47 Å². The standard InChI is InChI=1S/C15H20O3/c1-5-18-14(16)15(8-17-9-15)13-7-11(3)10(2)6-12(13)4/h6-7H,5,8-9H2,1-4H3. The van der Waals surface area contributed by atoms with E-state index in [2.05, 4.69) is 26.0 Å². The number of hydrogen-bond acceptors (Lipinski definition) is 3. The van der Waals surface area contributed by atoms with Crippen molar-refractivity contribution in [3.63, 3.8) is 0 Å². The smallest absolute Gasteiger partial charge is 0.321 e. The van der Waals surface area contributed by atoms with Gasteiger partial charge < -0.3 is 9.47 Å². The molecular formula is C15H20O3. The van der Waals surface area contributed by atoms with Gasteiger partial charge in [0.1, 0.15) is 5.41 Å². The minimum absolute atomic E-state index is 0.164. The Labute approximate surface area is 108 Å². The molecule has 2 rings (SSSR count). The number of carbonyl (C=O) groups excluding carboxylic acids is 1. The minimum Gasteiger partial charge on any atom is -0.465 e. The van der Waals surface area contributed by atoms with Gasteiger partial charge in [0.05, 0.1) is 19.8 Å². The zero-order valence-electron chi connectivity index (χ0n) is 11.5. The van der Waals surface area contributed by atoms with Crippen LogP contribution in [0.3, 0.4) is 0 Å². The Balaban J connectivity index is 2.45. The molecule has 1 aromatic rings. The highest BCUT2D eigenvalue weighted by Gasteiger charge is 2.49. The molecule has 1 aliphatic heterocycles. The maximum absolute atomic E-state index is 12.2. The molecule has 1 heterocycles. The Morgan fingerprint density at radius 1 is 1.22 bits per heavy atom. The van der Waals surface area contributed by atoms with Crippen molar-refractivity contribution in [3.05, 3.63) is 34.4 Å². The fraction of sp³-hybridized carbons (Fsp3) is 0.533. The molecule has 0 atom stereocenters. The topological polar surface area (TPSA) is 35.5 Å². The molecule has 0 amide bonds. The van der Waals surface area contributed by atoms with Gasteiger partial charge in [0.15, 0.2) is 0 Å².